The zero-order valence-electron chi connectivity index (χ0n) is 16.7. The summed E-state index contributed by atoms with van der Waals surface area (Å²) in [4.78, 5) is 28.9. The molecule has 10 heteroatoms. The minimum atomic E-state index is -3.78. The Kier molecular flexibility index (Phi) is 5.29. The third-order valence-corrected chi connectivity index (χ3v) is 9.18. The number of nitrogens with zero attached hydrogens (tertiary/aromatic N) is 2. The quantitative estimate of drug-likeness (QED) is 0.477. The Hall–Kier alpha value is -2.72. The molecule has 1 saturated heterocycles. The van der Waals surface area contributed by atoms with Crippen LogP contribution in [0.5, 0.6) is 0 Å². The van der Waals surface area contributed by atoms with E-state index in [9.17, 15) is 18.0 Å². The molecular formula is C22H18ClN3O4S2. The molecule has 3 heterocycles. The topological polar surface area (TPSA) is 90.6 Å². The second kappa shape index (κ2) is 8.00. The van der Waals surface area contributed by atoms with Crippen molar-refractivity contribution < 1.29 is 13.2 Å². The van der Waals surface area contributed by atoms with Crippen LogP contribution in [0, 0.1) is 0 Å². The summed E-state index contributed by atoms with van der Waals surface area (Å²) in [5, 5.41) is 2.73. The lowest BCUT2D eigenvalue weighted by atomic mass is 10.1. The number of halogens is 1. The number of benzene rings is 2. The van der Waals surface area contributed by atoms with Crippen molar-refractivity contribution >= 4 is 59.7 Å². The van der Waals surface area contributed by atoms with E-state index in [0.29, 0.717) is 23.5 Å². The van der Waals surface area contributed by atoms with Gasteiger partial charge in [-0.3, -0.25) is 9.59 Å². The van der Waals surface area contributed by atoms with Gasteiger partial charge in [-0.25, -0.2) is 8.42 Å². The number of hydrogen-bond acceptors (Lipinski definition) is 5. The van der Waals surface area contributed by atoms with Crippen LogP contribution in [0.25, 0.3) is 20.9 Å². The van der Waals surface area contributed by atoms with E-state index < -0.39 is 10.0 Å². The largest absolute Gasteiger partial charge is 0.336 e. The van der Waals surface area contributed by atoms with Gasteiger partial charge in [0.2, 0.25) is 5.91 Å². The molecule has 0 unspecified atom stereocenters. The molecule has 32 heavy (non-hydrogen) atoms. The third kappa shape index (κ3) is 3.81. The van der Waals surface area contributed by atoms with Gasteiger partial charge in [0.15, 0.2) is 0 Å². The van der Waals surface area contributed by atoms with Gasteiger partial charge in [-0.2, -0.15) is 4.31 Å². The van der Waals surface area contributed by atoms with E-state index in [0.717, 1.165) is 32.4 Å². The maximum Gasteiger partial charge on any atom is 0.255 e. The number of sulfonamides is 1. The van der Waals surface area contributed by atoms with Crippen LogP contribution in [0.15, 0.2) is 63.7 Å². The van der Waals surface area contributed by atoms with E-state index in [-0.39, 0.29) is 28.8 Å². The zero-order chi connectivity index (χ0) is 22.5. The second-order valence-electron chi connectivity index (χ2n) is 7.63. The van der Waals surface area contributed by atoms with Gasteiger partial charge in [0.25, 0.3) is 15.6 Å². The Morgan fingerprint density at radius 2 is 1.84 bits per heavy atom. The molecule has 1 aliphatic heterocycles. The molecule has 0 radical (unpaired) electrons. The summed E-state index contributed by atoms with van der Waals surface area (Å²) < 4.78 is 28.5. The summed E-state index contributed by atoms with van der Waals surface area (Å²) in [6.07, 6.45) is 1.59. The van der Waals surface area contributed by atoms with Crippen molar-refractivity contribution in [1.82, 2.24) is 14.2 Å². The average molecular weight is 488 g/mol. The van der Waals surface area contributed by atoms with Gasteiger partial charge in [-0.15, -0.1) is 11.3 Å². The molecule has 2 aromatic heterocycles. The highest BCUT2D eigenvalue weighted by Gasteiger charge is 2.33. The first-order valence-corrected chi connectivity index (χ1v) is 12.5. The normalized spacial score (nSPS) is 15.7. The number of fused-ring (bicyclic) bond motifs is 2. The molecular weight excluding hydrogens is 470 g/mol. The maximum atomic E-state index is 13.1. The van der Waals surface area contributed by atoms with E-state index in [4.69, 9.17) is 11.6 Å². The highest BCUT2D eigenvalue weighted by molar-refractivity contribution is 7.91. The zero-order valence-corrected chi connectivity index (χ0v) is 19.1. The van der Waals surface area contributed by atoms with Gasteiger partial charge in [0, 0.05) is 40.9 Å². The highest BCUT2D eigenvalue weighted by atomic mass is 35.5. The van der Waals surface area contributed by atoms with Crippen LogP contribution in [-0.4, -0.2) is 48.1 Å². The molecule has 164 valence electrons. The van der Waals surface area contributed by atoms with Crippen LogP contribution in [-0.2, 0) is 21.4 Å². The molecule has 2 aromatic carbocycles. The number of H-pyrrole nitrogens is 1. The van der Waals surface area contributed by atoms with E-state index in [2.05, 4.69) is 4.98 Å². The first-order chi connectivity index (χ1) is 15.3. The number of rotatable bonds is 4. The van der Waals surface area contributed by atoms with Crippen LogP contribution in [0.4, 0.5) is 0 Å². The third-order valence-electron chi connectivity index (χ3n) is 5.55. The van der Waals surface area contributed by atoms with Crippen LogP contribution in [0.1, 0.15) is 5.56 Å². The maximum absolute atomic E-state index is 13.1. The number of hydrogen-bond donors (Lipinski definition) is 1. The number of aromatic nitrogens is 1. The monoisotopic (exact) mass is 487 g/mol. The SMILES string of the molecule is O=C1CN(S(=O)(=O)c2cc3ccc(Cl)cc3s2)CCN1Cc1ccc2c(=O)[nH]ccc2c1. The van der Waals surface area contributed by atoms with Crippen molar-refractivity contribution in [2.75, 3.05) is 19.6 Å². The molecule has 0 aliphatic carbocycles. The Bertz CT molecular complexity index is 1530. The molecule has 0 atom stereocenters. The summed E-state index contributed by atoms with van der Waals surface area (Å²) in [5.41, 5.74) is 0.724. The molecule has 1 amide bonds. The molecule has 0 spiro atoms. The minimum absolute atomic E-state index is 0.160. The molecule has 7 nitrogen and oxygen atoms in total. The number of aromatic amines is 1. The first-order valence-electron chi connectivity index (χ1n) is 9.89. The summed E-state index contributed by atoms with van der Waals surface area (Å²) >= 11 is 7.16. The first kappa shape index (κ1) is 21.1. The standard InChI is InChI=1S/C22H18ClN3O4S2/c23-17-3-2-16-10-21(31-19(16)11-17)32(29,30)26-8-7-25(20(27)13-26)12-14-1-4-18-15(9-14)5-6-24-22(18)28/h1-6,9-11H,7-8,12-13H2,(H,24,28). The van der Waals surface area contributed by atoms with Crippen molar-refractivity contribution in [2.24, 2.45) is 0 Å². The van der Waals surface area contributed by atoms with E-state index in [1.807, 2.05) is 18.2 Å². The van der Waals surface area contributed by atoms with Gasteiger partial charge in [-0.1, -0.05) is 23.7 Å². The fourth-order valence-electron chi connectivity index (χ4n) is 3.85. The number of piperazine rings is 1. The Labute approximate surface area is 192 Å². The van der Waals surface area contributed by atoms with Crippen LogP contribution >= 0.6 is 22.9 Å². The fraction of sp³-hybridized carbons (Fsp3) is 0.182. The molecule has 5 rings (SSSR count). The van der Waals surface area contributed by atoms with Crippen molar-refractivity contribution in [1.29, 1.82) is 0 Å². The summed E-state index contributed by atoms with van der Waals surface area (Å²) in [5.74, 6) is -0.255. The predicted octanol–water partition coefficient (Wildman–Crippen LogP) is 3.43. The second-order valence-corrected chi connectivity index (χ2v) is 11.3. The van der Waals surface area contributed by atoms with Gasteiger partial charge >= 0.3 is 0 Å². The number of carbonyl (C=O) groups excluding carboxylic acids is 1. The molecule has 1 N–H and O–H groups in total. The van der Waals surface area contributed by atoms with Crippen LogP contribution in [0.3, 0.4) is 0 Å². The summed E-state index contributed by atoms with van der Waals surface area (Å²) in [6, 6.07) is 14.1. The van der Waals surface area contributed by atoms with E-state index in [1.165, 1.54) is 4.31 Å². The summed E-state index contributed by atoms with van der Waals surface area (Å²) in [7, 11) is -3.78. The number of amides is 1. The average Bonchev–Trinajstić information content (AvgIpc) is 3.19. The molecule has 0 bridgehead atoms. The van der Waals surface area contributed by atoms with Crippen molar-refractivity contribution in [2.45, 2.75) is 10.8 Å². The molecule has 0 saturated carbocycles. The predicted molar refractivity (Wildman–Crippen MR) is 126 cm³/mol. The van der Waals surface area contributed by atoms with Crippen molar-refractivity contribution in [3.63, 3.8) is 0 Å². The van der Waals surface area contributed by atoms with E-state index in [1.54, 1.807) is 41.4 Å². The van der Waals surface area contributed by atoms with Gasteiger partial charge in [0.05, 0.1) is 6.54 Å². The van der Waals surface area contributed by atoms with E-state index >= 15 is 0 Å². The Morgan fingerprint density at radius 1 is 1.00 bits per heavy atom. The van der Waals surface area contributed by atoms with Gasteiger partial charge < -0.3 is 9.88 Å². The minimum Gasteiger partial charge on any atom is -0.336 e. The number of thiophene rings is 1. The number of carbonyl (C=O) groups is 1. The van der Waals surface area contributed by atoms with Gasteiger partial charge in [-0.05, 0) is 52.7 Å². The molecule has 4 aromatic rings. The lowest BCUT2D eigenvalue weighted by Crippen LogP contribution is -2.51. The highest BCUT2D eigenvalue weighted by Crippen LogP contribution is 2.33. The Balaban J connectivity index is 1.33. The van der Waals surface area contributed by atoms with Crippen LogP contribution in [0.2, 0.25) is 5.02 Å². The lowest BCUT2D eigenvalue weighted by molar-refractivity contribution is -0.134. The molecule has 1 aliphatic rings. The smallest absolute Gasteiger partial charge is 0.255 e. The van der Waals surface area contributed by atoms with Crippen LogP contribution < -0.4 is 5.56 Å². The lowest BCUT2D eigenvalue weighted by Gasteiger charge is -2.33. The number of pyridine rings is 1. The van der Waals surface area contributed by atoms with Crippen molar-refractivity contribution in [3.05, 3.63) is 75.7 Å². The fourth-order valence-corrected chi connectivity index (χ4v) is 7.06. The van der Waals surface area contributed by atoms with Gasteiger partial charge in [0.1, 0.15) is 4.21 Å². The summed E-state index contributed by atoms with van der Waals surface area (Å²) in [6.45, 7) is 0.667. The molecule has 1 fully saturated rings. The van der Waals surface area contributed by atoms with Crippen molar-refractivity contribution in [3.8, 4) is 0 Å². The number of nitrogens with one attached hydrogen (secondary N) is 1. The Morgan fingerprint density at radius 3 is 2.66 bits per heavy atom.